The van der Waals surface area contributed by atoms with Crippen LogP contribution >= 0.6 is 0 Å². The van der Waals surface area contributed by atoms with Gasteiger partial charge in [0.25, 0.3) is 0 Å². The summed E-state index contributed by atoms with van der Waals surface area (Å²) in [5.74, 6) is 0.949. The second-order valence-electron chi connectivity index (χ2n) is 6.62. The van der Waals surface area contributed by atoms with Crippen LogP contribution in [-0.2, 0) is 0 Å². The van der Waals surface area contributed by atoms with Crippen molar-refractivity contribution in [2.75, 3.05) is 0 Å². The van der Waals surface area contributed by atoms with E-state index in [1.165, 1.54) is 21.9 Å². The molecule has 2 nitrogen and oxygen atoms in total. The Bertz CT molecular complexity index is 1040. The third-order valence-electron chi connectivity index (χ3n) is 5.02. The van der Waals surface area contributed by atoms with Gasteiger partial charge in [0.1, 0.15) is 5.75 Å². The lowest BCUT2D eigenvalue weighted by molar-refractivity contribution is 0.134. The minimum atomic E-state index is -0.171. The van der Waals surface area contributed by atoms with Crippen molar-refractivity contribution in [2.45, 2.75) is 12.3 Å². The first-order valence-corrected chi connectivity index (χ1v) is 8.94. The van der Waals surface area contributed by atoms with Crippen LogP contribution in [0.4, 0.5) is 0 Å². The monoisotopic (exact) mass is 337 g/mol. The van der Waals surface area contributed by atoms with Crippen LogP contribution in [0.3, 0.4) is 0 Å². The van der Waals surface area contributed by atoms with Crippen molar-refractivity contribution in [3.63, 3.8) is 0 Å². The maximum atomic E-state index is 6.37. The van der Waals surface area contributed by atoms with E-state index >= 15 is 0 Å². The highest BCUT2D eigenvalue weighted by Crippen LogP contribution is 2.42. The first-order valence-electron chi connectivity index (χ1n) is 8.94. The van der Waals surface area contributed by atoms with E-state index in [9.17, 15) is 0 Å². The summed E-state index contributed by atoms with van der Waals surface area (Å²) < 4.78 is 6.37. The summed E-state index contributed by atoms with van der Waals surface area (Å²) in [7, 11) is 0. The molecule has 2 atom stereocenters. The lowest BCUT2D eigenvalue weighted by Crippen LogP contribution is -2.35. The van der Waals surface area contributed by atoms with E-state index in [0.717, 1.165) is 11.3 Å². The SMILES string of the molecule is c1ccc([C@@H]2N[C@H](c3ccccc3)Oc3ccc4ccccc4c32)cc1. The van der Waals surface area contributed by atoms with Gasteiger partial charge in [0, 0.05) is 11.1 Å². The van der Waals surface area contributed by atoms with E-state index < -0.39 is 0 Å². The predicted octanol–water partition coefficient (Wildman–Crippen LogP) is 5.61. The van der Waals surface area contributed by atoms with E-state index in [0.29, 0.717) is 0 Å². The van der Waals surface area contributed by atoms with Crippen LogP contribution in [0.2, 0.25) is 0 Å². The molecule has 0 amide bonds. The van der Waals surface area contributed by atoms with Crippen LogP contribution in [0.1, 0.15) is 29.0 Å². The standard InChI is InChI=1S/C24H19NO/c1-3-10-18(11-4-1)23-22-20-14-8-7-9-17(20)15-16-21(22)26-24(25-23)19-12-5-2-6-13-19/h1-16,23-25H/t23-,24-/m0/s1. The Kier molecular flexibility index (Phi) is 3.69. The smallest absolute Gasteiger partial charge is 0.177 e. The van der Waals surface area contributed by atoms with E-state index in [1.54, 1.807) is 0 Å². The number of rotatable bonds is 2. The molecule has 5 rings (SSSR count). The number of benzene rings is 4. The van der Waals surface area contributed by atoms with Gasteiger partial charge in [-0.1, -0.05) is 91.0 Å². The molecule has 0 spiro atoms. The highest BCUT2D eigenvalue weighted by atomic mass is 16.5. The molecule has 0 aromatic heterocycles. The van der Waals surface area contributed by atoms with E-state index in [4.69, 9.17) is 4.74 Å². The zero-order valence-electron chi connectivity index (χ0n) is 14.3. The molecule has 0 unspecified atom stereocenters. The van der Waals surface area contributed by atoms with Gasteiger partial charge in [-0.3, -0.25) is 5.32 Å². The van der Waals surface area contributed by atoms with Gasteiger partial charge in [-0.2, -0.15) is 0 Å². The van der Waals surface area contributed by atoms with Crippen LogP contribution in [0.25, 0.3) is 10.8 Å². The van der Waals surface area contributed by atoms with E-state index in [1.807, 2.05) is 18.2 Å². The molecular weight excluding hydrogens is 318 g/mol. The van der Waals surface area contributed by atoms with Crippen molar-refractivity contribution >= 4 is 10.8 Å². The summed E-state index contributed by atoms with van der Waals surface area (Å²) in [5.41, 5.74) is 3.59. The first kappa shape index (κ1) is 15.2. The average molecular weight is 337 g/mol. The molecule has 126 valence electrons. The molecule has 26 heavy (non-hydrogen) atoms. The third-order valence-corrected chi connectivity index (χ3v) is 5.02. The molecule has 1 aliphatic rings. The number of hydrogen-bond acceptors (Lipinski definition) is 2. The molecule has 0 saturated heterocycles. The molecule has 0 fully saturated rings. The second-order valence-corrected chi connectivity index (χ2v) is 6.62. The summed E-state index contributed by atoms with van der Waals surface area (Å²) in [6.07, 6.45) is -0.171. The number of fused-ring (bicyclic) bond motifs is 3. The van der Waals surface area contributed by atoms with Crippen molar-refractivity contribution in [1.29, 1.82) is 0 Å². The minimum absolute atomic E-state index is 0.0799. The van der Waals surface area contributed by atoms with E-state index in [2.05, 4.69) is 84.2 Å². The Labute approximate surface area is 153 Å². The number of ether oxygens (including phenoxy) is 1. The van der Waals surface area contributed by atoms with Crippen molar-refractivity contribution in [3.8, 4) is 5.75 Å². The summed E-state index contributed by atoms with van der Waals surface area (Å²) in [6, 6.07) is 33.8. The molecule has 1 N–H and O–H groups in total. The van der Waals surface area contributed by atoms with Gasteiger partial charge in [0.2, 0.25) is 0 Å². The molecule has 1 aliphatic heterocycles. The maximum absolute atomic E-state index is 6.37. The largest absolute Gasteiger partial charge is 0.471 e. The quantitative estimate of drug-likeness (QED) is 0.513. The minimum Gasteiger partial charge on any atom is -0.471 e. The lowest BCUT2D eigenvalue weighted by Gasteiger charge is -2.35. The average Bonchev–Trinajstić information content (AvgIpc) is 2.74. The molecular formula is C24H19NO. The Morgan fingerprint density at radius 3 is 2.04 bits per heavy atom. The fraction of sp³-hybridized carbons (Fsp3) is 0.0833. The lowest BCUT2D eigenvalue weighted by atomic mass is 9.91. The van der Waals surface area contributed by atoms with Crippen molar-refractivity contribution in [1.82, 2.24) is 5.32 Å². The molecule has 4 aromatic carbocycles. The Morgan fingerprint density at radius 1 is 0.615 bits per heavy atom. The van der Waals surface area contributed by atoms with E-state index in [-0.39, 0.29) is 12.3 Å². The van der Waals surface area contributed by atoms with Gasteiger partial charge >= 0.3 is 0 Å². The summed E-state index contributed by atoms with van der Waals surface area (Å²) >= 11 is 0. The van der Waals surface area contributed by atoms with Crippen LogP contribution in [0.5, 0.6) is 5.75 Å². The van der Waals surface area contributed by atoms with Crippen molar-refractivity contribution in [2.24, 2.45) is 0 Å². The Hall–Kier alpha value is -3.10. The van der Waals surface area contributed by atoms with Crippen LogP contribution in [-0.4, -0.2) is 0 Å². The van der Waals surface area contributed by atoms with Crippen LogP contribution in [0.15, 0.2) is 97.1 Å². The number of hydrogen-bond donors (Lipinski definition) is 1. The summed E-state index contributed by atoms with van der Waals surface area (Å²) in [4.78, 5) is 0. The molecule has 4 aromatic rings. The molecule has 0 radical (unpaired) electrons. The highest BCUT2D eigenvalue weighted by molar-refractivity contribution is 5.89. The highest BCUT2D eigenvalue weighted by Gasteiger charge is 2.30. The predicted molar refractivity (Wildman–Crippen MR) is 105 cm³/mol. The van der Waals surface area contributed by atoms with Gasteiger partial charge in [-0.05, 0) is 22.4 Å². The molecule has 0 saturated carbocycles. The van der Waals surface area contributed by atoms with Crippen LogP contribution in [0, 0.1) is 0 Å². The van der Waals surface area contributed by atoms with Gasteiger partial charge in [0.15, 0.2) is 6.23 Å². The molecule has 1 heterocycles. The normalized spacial score (nSPS) is 18.9. The van der Waals surface area contributed by atoms with Gasteiger partial charge in [-0.25, -0.2) is 0 Å². The maximum Gasteiger partial charge on any atom is 0.177 e. The second kappa shape index (κ2) is 6.32. The first-order chi connectivity index (χ1) is 12.9. The van der Waals surface area contributed by atoms with Crippen molar-refractivity contribution in [3.05, 3.63) is 114 Å². The molecule has 0 bridgehead atoms. The zero-order chi connectivity index (χ0) is 17.3. The molecule has 0 aliphatic carbocycles. The number of nitrogens with one attached hydrogen (secondary N) is 1. The van der Waals surface area contributed by atoms with Crippen LogP contribution < -0.4 is 10.1 Å². The zero-order valence-corrected chi connectivity index (χ0v) is 14.3. The fourth-order valence-electron chi connectivity index (χ4n) is 3.77. The summed E-state index contributed by atoms with van der Waals surface area (Å²) in [6.45, 7) is 0. The fourth-order valence-corrected chi connectivity index (χ4v) is 3.77. The van der Waals surface area contributed by atoms with Gasteiger partial charge in [0.05, 0.1) is 6.04 Å². The third kappa shape index (κ3) is 2.56. The Balaban J connectivity index is 1.70. The topological polar surface area (TPSA) is 21.3 Å². The summed E-state index contributed by atoms with van der Waals surface area (Å²) in [5, 5.41) is 6.18. The molecule has 2 heteroatoms. The van der Waals surface area contributed by atoms with Gasteiger partial charge in [-0.15, -0.1) is 0 Å². The van der Waals surface area contributed by atoms with Crippen molar-refractivity contribution < 1.29 is 4.74 Å². The van der Waals surface area contributed by atoms with Gasteiger partial charge < -0.3 is 4.74 Å². The Morgan fingerprint density at radius 2 is 1.27 bits per heavy atom.